The Kier molecular flexibility index (Phi) is 4.92. The zero-order chi connectivity index (χ0) is 14.7. The van der Waals surface area contributed by atoms with E-state index in [9.17, 15) is 15.3 Å². The zero-order valence-electron chi connectivity index (χ0n) is 10.8. The van der Waals surface area contributed by atoms with Gasteiger partial charge in [0, 0.05) is 11.3 Å². The fourth-order valence-corrected chi connectivity index (χ4v) is 2.04. The molecule has 0 aliphatic carbocycles. The molecule has 1 aliphatic heterocycles. The summed E-state index contributed by atoms with van der Waals surface area (Å²) in [5, 5.41) is 38.1. The third kappa shape index (κ3) is 3.09. The highest BCUT2D eigenvalue weighted by molar-refractivity contribution is 5.45. The van der Waals surface area contributed by atoms with Crippen LogP contribution in [0.3, 0.4) is 0 Å². The van der Waals surface area contributed by atoms with E-state index >= 15 is 0 Å². The summed E-state index contributed by atoms with van der Waals surface area (Å²) in [5.41, 5.74) is 7.01. The molecule has 5 atom stereocenters. The van der Waals surface area contributed by atoms with E-state index in [4.69, 9.17) is 20.3 Å². The molecule has 1 aliphatic rings. The lowest BCUT2D eigenvalue weighted by Crippen LogP contribution is -2.59. The molecule has 20 heavy (non-hydrogen) atoms. The van der Waals surface area contributed by atoms with Crippen molar-refractivity contribution >= 4 is 5.69 Å². The van der Waals surface area contributed by atoms with Crippen LogP contribution in [0.25, 0.3) is 0 Å². The van der Waals surface area contributed by atoms with Gasteiger partial charge in [-0.05, 0) is 6.07 Å². The largest absolute Gasteiger partial charge is 0.398 e. The number of ether oxygens (including phenoxy) is 2. The Hall–Kier alpha value is -1.22. The average Bonchev–Trinajstić information content (AvgIpc) is 2.46. The van der Waals surface area contributed by atoms with E-state index in [1.165, 1.54) is 0 Å². The maximum atomic E-state index is 9.80. The number of anilines is 1. The highest BCUT2D eigenvalue weighted by atomic mass is 16.7. The first-order valence-electron chi connectivity index (χ1n) is 6.30. The van der Waals surface area contributed by atoms with Gasteiger partial charge in [-0.25, -0.2) is 0 Å². The molecule has 1 heterocycles. The molecule has 5 unspecified atom stereocenters. The summed E-state index contributed by atoms with van der Waals surface area (Å²) in [6.07, 6.45) is -6.37. The molecule has 1 fully saturated rings. The number of aliphatic hydroxyl groups excluding tert-OH is 4. The van der Waals surface area contributed by atoms with E-state index in [-0.39, 0.29) is 6.61 Å². The first-order valence-corrected chi connectivity index (χ1v) is 6.30. The average molecular weight is 285 g/mol. The number of hydrogen-bond acceptors (Lipinski definition) is 7. The van der Waals surface area contributed by atoms with Crippen molar-refractivity contribution < 1.29 is 29.9 Å². The van der Waals surface area contributed by atoms with Gasteiger partial charge in [-0.15, -0.1) is 0 Å². The number of nitrogen functional groups attached to an aromatic ring is 1. The van der Waals surface area contributed by atoms with Crippen LogP contribution in [0.15, 0.2) is 24.3 Å². The number of rotatable bonds is 4. The van der Waals surface area contributed by atoms with Crippen molar-refractivity contribution in [1.82, 2.24) is 0 Å². The van der Waals surface area contributed by atoms with Crippen LogP contribution in [0.5, 0.6) is 0 Å². The SMILES string of the molecule is Nc1ccccc1COC1OC(CO)C(O)C(O)C1O. The second-order valence-corrected chi connectivity index (χ2v) is 4.71. The first kappa shape index (κ1) is 15.2. The molecule has 112 valence electrons. The highest BCUT2D eigenvalue weighted by Gasteiger charge is 2.43. The summed E-state index contributed by atoms with van der Waals surface area (Å²) in [6.45, 7) is -0.409. The third-order valence-corrected chi connectivity index (χ3v) is 3.31. The number of nitrogens with two attached hydrogens (primary N) is 1. The second kappa shape index (κ2) is 6.49. The van der Waals surface area contributed by atoms with Gasteiger partial charge in [-0.2, -0.15) is 0 Å². The fraction of sp³-hybridized carbons (Fsp3) is 0.538. The van der Waals surface area contributed by atoms with Crippen LogP contribution in [-0.4, -0.2) is 57.7 Å². The van der Waals surface area contributed by atoms with Gasteiger partial charge in [-0.3, -0.25) is 0 Å². The van der Waals surface area contributed by atoms with Crippen molar-refractivity contribution in [3.8, 4) is 0 Å². The van der Waals surface area contributed by atoms with Gasteiger partial charge in [-0.1, -0.05) is 18.2 Å². The summed E-state index contributed by atoms with van der Waals surface area (Å²) in [7, 11) is 0. The smallest absolute Gasteiger partial charge is 0.187 e. The monoisotopic (exact) mass is 285 g/mol. The van der Waals surface area contributed by atoms with Crippen LogP contribution in [-0.2, 0) is 16.1 Å². The number of benzene rings is 1. The van der Waals surface area contributed by atoms with Gasteiger partial charge in [0.05, 0.1) is 13.2 Å². The fourth-order valence-electron chi connectivity index (χ4n) is 2.04. The predicted octanol–water partition coefficient (Wildman–Crippen LogP) is -1.41. The van der Waals surface area contributed by atoms with Crippen LogP contribution in [0.1, 0.15) is 5.56 Å². The molecule has 2 rings (SSSR count). The van der Waals surface area contributed by atoms with Crippen LogP contribution >= 0.6 is 0 Å². The molecular weight excluding hydrogens is 266 g/mol. The maximum absolute atomic E-state index is 9.80. The third-order valence-electron chi connectivity index (χ3n) is 3.31. The molecule has 0 spiro atoms. The molecule has 7 nitrogen and oxygen atoms in total. The number of aliphatic hydroxyl groups is 4. The molecule has 0 saturated carbocycles. The van der Waals surface area contributed by atoms with Crippen LogP contribution < -0.4 is 5.73 Å². The molecule has 0 radical (unpaired) electrons. The van der Waals surface area contributed by atoms with E-state index < -0.39 is 37.3 Å². The lowest BCUT2D eigenvalue weighted by Gasteiger charge is -2.39. The van der Waals surface area contributed by atoms with Crippen LogP contribution in [0.4, 0.5) is 5.69 Å². The summed E-state index contributed by atoms with van der Waals surface area (Å²) in [4.78, 5) is 0. The van der Waals surface area contributed by atoms with Gasteiger partial charge in [0.1, 0.15) is 24.4 Å². The lowest BCUT2D eigenvalue weighted by atomic mass is 9.99. The number of para-hydroxylation sites is 1. The van der Waals surface area contributed by atoms with Crippen molar-refractivity contribution in [2.45, 2.75) is 37.3 Å². The zero-order valence-corrected chi connectivity index (χ0v) is 10.8. The Bertz CT molecular complexity index is 441. The Morgan fingerprint density at radius 1 is 1.10 bits per heavy atom. The predicted molar refractivity (Wildman–Crippen MR) is 69.4 cm³/mol. The summed E-state index contributed by atoms with van der Waals surface area (Å²) >= 11 is 0. The Morgan fingerprint density at radius 3 is 2.45 bits per heavy atom. The van der Waals surface area contributed by atoms with Gasteiger partial charge < -0.3 is 35.6 Å². The summed E-state index contributed by atoms with van der Waals surface area (Å²) < 4.78 is 10.6. The molecular formula is C13H19NO6. The molecule has 1 aromatic rings. The standard InChI is InChI=1S/C13H19NO6/c14-8-4-2-1-3-7(8)6-19-13-12(18)11(17)10(16)9(5-15)20-13/h1-4,9-13,15-18H,5-6,14H2. The van der Waals surface area contributed by atoms with Gasteiger partial charge >= 0.3 is 0 Å². The van der Waals surface area contributed by atoms with Gasteiger partial charge in [0.2, 0.25) is 0 Å². The van der Waals surface area contributed by atoms with E-state index in [1.54, 1.807) is 24.3 Å². The molecule has 7 heteroatoms. The molecule has 0 bridgehead atoms. The Labute approximate surface area is 116 Å². The Morgan fingerprint density at radius 2 is 1.80 bits per heavy atom. The van der Waals surface area contributed by atoms with Crippen molar-refractivity contribution in [1.29, 1.82) is 0 Å². The molecule has 6 N–H and O–H groups in total. The topological polar surface area (TPSA) is 125 Å². The van der Waals surface area contributed by atoms with Gasteiger partial charge in [0.15, 0.2) is 6.29 Å². The minimum absolute atomic E-state index is 0.0787. The molecule has 0 amide bonds. The molecule has 1 saturated heterocycles. The van der Waals surface area contributed by atoms with E-state index in [2.05, 4.69) is 0 Å². The van der Waals surface area contributed by atoms with Crippen molar-refractivity contribution in [2.24, 2.45) is 0 Å². The Balaban J connectivity index is 2.00. The van der Waals surface area contributed by atoms with Crippen molar-refractivity contribution in [2.75, 3.05) is 12.3 Å². The summed E-state index contributed by atoms with van der Waals surface area (Å²) in [6, 6.07) is 7.06. The molecule has 1 aromatic carbocycles. The van der Waals surface area contributed by atoms with E-state index in [0.717, 1.165) is 0 Å². The first-order chi connectivity index (χ1) is 9.54. The minimum Gasteiger partial charge on any atom is -0.398 e. The van der Waals surface area contributed by atoms with Crippen molar-refractivity contribution in [3.05, 3.63) is 29.8 Å². The maximum Gasteiger partial charge on any atom is 0.187 e. The van der Waals surface area contributed by atoms with Crippen LogP contribution in [0, 0.1) is 0 Å². The van der Waals surface area contributed by atoms with Crippen molar-refractivity contribution in [3.63, 3.8) is 0 Å². The molecule has 0 aromatic heterocycles. The lowest BCUT2D eigenvalue weighted by molar-refractivity contribution is -0.304. The second-order valence-electron chi connectivity index (χ2n) is 4.71. The minimum atomic E-state index is -1.45. The van der Waals surface area contributed by atoms with E-state index in [0.29, 0.717) is 11.3 Å². The summed E-state index contributed by atoms with van der Waals surface area (Å²) in [5.74, 6) is 0. The normalized spacial score (nSPS) is 34.1. The van der Waals surface area contributed by atoms with E-state index in [1.807, 2.05) is 0 Å². The highest BCUT2D eigenvalue weighted by Crippen LogP contribution is 2.23. The van der Waals surface area contributed by atoms with Crippen LogP contribution in [0.2, 0.25) is 0 Å². The van der Waals surface area contributed by atoms with Gasteiger partial charge in [0.25, 0.3) is 0 Å². The number of hydrogen-bond donors (Lipinski definition) is 5. The quantitative estimate of drug-likeness (QED) is 0.430.